The van der Waals surface area contributed by atoms with E-state index in [1.54, 1.807) is 7.11 Å². The van der Waals surface area contributed by atoms with Crippen LogP contribution in [-0.4, -0.2) is 32.3 Å². The number of nitrogens with one attached hydrogen (secondary N) is 1. The molecule has 0 aliphatic heterocycles. The molecule has 0 spiro atoms. The van der Waals surface area contributed by atoms with E-state index >= 15 is 0 Å². The molecule has 0 amide bonds. The van der Waals surface area contributed by atoms with Crippen LogP contribution in [0.15, 0.2) is 12.1 Å². The Hall–Kier alpha value is -1.55. The molecule has 1 N–H and O–H groups in total. The van der Waals surface area contributed by atoms with Crippen molar-refractivity contribution in [2.24, 2.45) is 0 Å². The van der Waals surface area contributed by atoms with E-state index in [4.69, 9.17) is 9.47 Å². The summed E-state index contributed by atoms with van der Waals surface area (Å²) >= 11 is 0. The average molecular weight is 293 g/mol. The summed E-state index contributed by atoms with van der Waals surface area (Å²) in [5.41, 5.74) is 3.44. The molecule has 1 atom stereocenters. The first-order valence-electron chi connectivity index (χ1n) is 7.34. The van der Waals surface area contributed by atoms with Crippen LogP contribution in [0.3, 0.4) is 0 Å². The van der Waals surface area contributed by atoms with Crippen molar-refractivity contribution in [3.63, 3.8) is 0 Å². The SMILES string of the molecule is COC(=O)CC(Cc1cc(C)cc(C)c1OC)NC(C)C. The molecule has 4 nitrogen and oxygen atoms in total. The molecular weight excluding hydrogens is 266 g/mol. The van der Waals surface area contributed by atoms with Gasteiger partial charge in [-0.2, -0.15) is 0 Å². The lowest BCUT2D eigenvalue weighted by Gasteiger charge is -2.22. The number of ether oxygens (including phenoxy) is 2. The van der Waals surface area contributed by atoms with Gasteiger partial charge in [0.2, 0.25) is 0 Å². The molecule has 1 aromatic carbocycles. The molecule has 0 fully saturated rings. The van der Waals surface area contributed by atoms with Gasteiger partial charge >= 0.3 is 5.97 Å². The number of esters is 1. The van der Waals surface area contributed by atoms with Gasteiger partial charge in [0.1, 0.15) is 5.75 Å². The summed E-state index contributed by atoms with van der Waals surface area (Å²) in [7, 11) is 3.11. The summed E-state index contributed by atoms with van der Waals surface area (Å²) < 4.78 is 10.3. The highest BCUT2D eigenvalue weighted by atomic mass is 16.5. The molecule has 118 valence electrons. The van der Waals surface area contributed by atoms with E-state index in [1.807, 2.05) is 6.92 Å². The third-order valence-electron chi connectivity index (χ3n) is 3.38. The van der Waals surface area contributed by atoms with Gasteiger partial charge in [0, 0.05) is 12.1 Å². The van der Waals surface area contributed by atoms with Crippen molar-refractivity contribution in [3.05, 3.63) is 28.8 Å². The van der Waals surface area contributed by atoms with Crippen LogP contribution in [0.5, 0.6) is 5.75 Å². The molecule has 4 heteroatoms. The van der Waals surface area contributed by atoms with E-state index < -0.39 is 0 Å². The van der Waals surface area contributed by atoms with E-state index in [0.29, 0.717) is 12.5 Å². The molecule has 0 aliphatic rings. The van der Waals surface area contributed by atoms with Crippen LogP contribution in [-0.2, 0) is 16.0 Å². The summed E-state index contributed by atoms with van der Waals surface area (Å²) in [6.07, 6.45) is 1.09. The summed E-state index contributed by atoms with van der Waals surface area (Å²) in [4.78, 5) is 11.6. The van der Waals surface area contributed by atoms with Crippen molar-refractivity contribution in [2.75, 3.05) is 14.2 Å². The largest absolute Gasteiger partial charge is 0.496 e. The molecular formula is C17H27NO3. The zero-order valence-corrected chi connectivity index (χ0v) is 13.9. The Morgan fingerprint density at radius 3 is 2.43 bits per heavy atom. The maximum absolute atomic E-state index is 11.6. The molecule has 0 aromatic heterocycles. The lowest BCUT2D eigenvalue weighted by Crippen LogP contribution is -2.38. The molecule has 1 rings (SSSR count). The third-order valence-corrected chi connectivity index (χ3v) is 3.38. The predicted octanol–water partition coefficient (Wildman–Crippen LogP) is 2.78. The maximum atomic E-state index is 11.6. The summed E-state index contributed by atoms with van der Waals surface area (Å²) in [6, 6.07) is 4.56. The van der Waals surface area contributed by atoms with Crippen LogP contribution in [0.25, 0.3) is 0 Å². The molecule has 1 unspecified atom stereocenters. The summed E-state index contributed by atoms with van der Waals surface area (Å²) in [5.74, 6) is 0.706. The van der Waals surface area contributed by atoms with Crippen LogP contribution < -0.4 is 10.1 Å². The Balaban J connectivity index is 2.99. The fourth-order valence-electron chi connectivity index (χ4n) is 2.70. The standard InChI is InChI=1S/C17H27NO3/c1-11(2)18-15(10-16(19)20-5)9-14-8-12(3)7-13(4)17(14)21-6/h7-8,11,15,18H,9-10H2,1-6H3. The van der Waals surface area contributed by atoms with Gasteiger partial charge in [0.05, 0.1) is 20.6 Å². The predicted molar refractivity (Wildman–Crippen MR) is 84.9 cm³/mol. The van der Waals surface area contributed by atoms with Crippen molar-refractivity contribution in [1.29, 1.82) is 0 Å². The second-order valence-electron chi connectivity index (χ2n) is 5.78. The van der Waals surface area contributed by atoms with Crippen LogP contribution in [0.4, 0.5) is 0 Å². The highest BCUT2D eigenvalue weighted by Crippen LogP contribution is 2.26. The van der Waals surface area contributed by atoms with Crippen molar-refractivity contribution >= 4 is 5.97 Å². The van der Waals surface area contributed by atoms with Crippen LogP contribution in [0.1, 0.15) is 37.0 Å². The summed E-state index contributed by atoms with van der Waals surface area (Å²) in [5, 5.41) is 3.43. The lowest BCUT2D eigenvalue weighted by atomic mass is 9.97. The topological polar surface area (TPSA) is 47.6 Å². The molecule has 0 saturated carbocycles. The van der Waals surface area contributed by atoms with Gasteiger partial charge in [0.15, 0.2) is 0 Å². The molecule has 0 radical (unpaired) electrons. The zero-order chi connectivity index (χ0) is 16.0. The van der Waals surface area contributed by atoms with Gasteiger partial charge in [0.25, 0.3) is 0 Å². The number of benzene rings is 1. The summed E-state index contributed by atoms with van der Waals surface area (Å²) in [6.45, 7) is 8.26. The lowest BCUT2D eigenvalue weighted by molar-refractivity contribution is -0.141. The number of carbonyl (C=O) groups excluding carboxylic acids is 1. The van der Waals surface area contributed by atoms with E-state index in [-0.39, 0.29) is 12.0 Å². The number of aryl methyl sites for hydroxylation is 2. The van der Waals surface area contributed by atoms with Gasteiger partial charge in [-0.05, 0) is 31.4 Å². The highest BCUT2D eigenvalue weighted by molar-refractivity contribution is 5.70. The average Bonchev–Trinajstić information content (AvgIpc) is 2.37. The van der Waals surface area contributed by atoms with E-state index in [2.05, 4.69) is 38.2 Å². The van der Waals surface area contributed by atoms with Gasteiger partial charge in [-0.1, -0.05) is 31.5 Å². The Kier molecular flexibility index (Phi) is 6.69. The number of rotatable bonds is 7. The minimum absolute atomic E-state index is 0.0348. The van der Waals surface area contributed by atoms with Crippen molar-refractivity contribution < 1.29 is 14.3 Å². The van der Waals surface area contributed by atoms with Gasteiger partial charge in [-0.15, -0.1) is 0 Å². The Labute approximate surface area is 127 Å². The number of carbonyl (C=O) groups is 1. The van der Waals surface area contributed by atoms with Crippen molar-refractivity contribution in [1.82, 2.24) is 5.32 Å². The fourth-order valence-corrected chi connectivity index (χ4v) is 2.70. The number of hydrogen-bond acceptors (Lipinski definition) is 4. The minimum atomic E-state index is -0.198. The van der Waals surface area contributed by atoms with Crippen molar-refractivity contribution in [2.45, 2.75) is 52.6 Å². The number of methoxy groups -OCH3 is 2. The molecule has 1 aromatic rings. The van der Waals surface area contributed by atoms with Gasteiger partial charge in [-0.25, -0.2) is 0 Å². The third kappa shape index (κ3) is 5.38. The highest BCUT2D eigenvalue weighted by Gasteiger charge is 2.18. The first kappa shape index (κ1) is 17.5. The molecule has 0 bridgehead atoms. The molecule has 21 heavy (non-hydrogen) atoms. The first-order chi connectivity index (χ1) is 9.87. The van der Waals surface area contributed by atoms with Crippen LogP contribution >= 0.6 is 0 Å². The fraction of sp³-hybridized carbons (Fsp3) is 0.588. The Morgan fingerprint density at radius 1 is 1.24 bits per heavy atom. The van der Waals surface area contributed by atoms with Crippen molar-refractivity contribution in [3.8, 4) is 5.75 Å². The second kappa shape index (κ2) is 8.03. The van der Waals surface area contributed by atoms with Crippen LogP contribution in [0, 0.1) is 13.8 Å². The van der Waals surface area contributed by atoms with E-state index in [9.17, 15) is 4.79 Å². The molecule has 0 heterocycles. The quantitative estimate of drug-likeness (QED) is 0.785. The molecule has 0 aliphatic carbocycles. The Morgan fingerprint density at radius 2 is 1.90 bits per heavy atom. The normalized spacial score (nSPS) is 12.3. The number of hydrogen-bond donors (Lipinski definition) is 1. The molecule has 0 saturated heterocycles. The smallest absolute Gasteiger partial charge is 0.307 e. The van der Waals surface area contributed by atoms with Crippen LogP contribution in [0.2, 0.25) is 0 Å². The van der Waals surface area contributed by atoms with E-state index in [1.165, 1.54) is 12.7 Å². The van der Waals surface area contributed by atoms with E-state index in [0.717, 1.165) is 23.3 Å². The first-order valence-corrected chi connectivity index (χ1v) is 7.34. The monoisotopic (exact) mass is 293 g/mol. The Bertz CT molecular complexity index is 483. The van der Waals surface area contributed by atoms with Gasteiger partial charge in [-0.3, -0.25) is 4.79 Å². The maximum Gasteiger partial charge on any atom is 0.307 e. The van der Waals surface area contributed by atoms with Gasteiger partial charge < -0.3 is 14.8 Å². The second-order valence-corrected chi connectivity index (χ2v) is 5.78. The zero-order valence-electron chi connectivity index (χ0n) is 13.9. The minimum Gasteiger partial charge on any atom is -0.496 e.